The molecule has 0 bridgehead atoms. The number of nitrogens with one attached hydrogen (secondary N) is 2. The van der Waals surface area contributed by atoms with Crippen LogP contribution in [-0.2, 0) is 11.2 Å². The Morgan fingerprint density at radius 1 is 0.973 bits per heavy atom. The van der Waals surface area contributed by atoms with Gasteiger partial charge in [-0.15, -0.1) is 11.3 Å². The number of ether oxygens (including phenoxy) is 1. The average Bonchev–Trinajstić information content (AvgIpc) is 3.32. The van der Waals surface area contributed by atoms with Gasteiger partial charge in [0.15, 0.2) is 16.7 Å². The molecule has 0 unspecified atom stereocenters. The number of hydrogen-bond acceptors (Lipinski definition) is 6. The number of thiocarbonyl (C=S) groups is 1. The summed E-state index contributed by atoms with van der Waals surface area (Å²) < 4.78 is 34.7. The Hall–Kier alpha value is -4.28. The van der Waals surface area contributed by atoms with E-state index in [9.17, 15) is 13.6 Å². The van der Waals surface area contributed by atoms with Crippen LogP contribution in [0.25, 0.3) is 20.7 Å². The number of fused-ring (bicyclic) bond motifs is 1. The molecule has 0 aliphatic carbocycles. The zero-order valence-electron chi connectivity index (χ0n) is 19.1. The zero-order valence-corrected chi connectivity index (χ0v) is 20.7. The molecule has 0 saturated heterocycles. The van der Waals surface area contributed by atoms with Crippen molar-refractivity contribution in [2.75, 3.05) is 5.32 Å². The van der Waals surface area contributed by atoms with Crippen molar-refractivity contribution in [3.05, 3.63) is 103 Å². The van der Waals surface area contributed by atoms with Crippen molar-refractivity contribution in [2.45, 2.75) is 6.42 Å². The molecule has 0 saturated carbocycles. The number of hydrogen-bond donors (Lipinski definition) is 2. The molecule has 37 heavy (non-hydrogen) atoms. The number of thiophene rings is 1. The lowest BCUT2D eigenvalue weighted by atomic mass is 10.1. The Labute approximate surface area is 220 Å². The van der Waals surface area contributed by atoms with Gasteiger partial charge < -0.3 is 15.4 Å². The molecular weight excluding hydrogens is 514 g/mol. The van der Waals surface area contributed by atoms with Crippen LogP contribution in [0.2, 0.25) is 0 Å². The van der Waals surface area contributed by atoms with Crippen LogP contribution in [0.5, 0.6) is 11.5 Å². The number of rotatable bonds is 6. The Kier molecular flexibility index (Phi) is 7.11. The number of amides is 1. The molecule has 2 aromatic carbocycles. The molecular formula is C27H18F2N4O2S2. The summed E-state index contributed by atoms with van der Waals surface area (Å²) in [6.45, 7) is 0. The van der Waals surface area contributed by atoms with Gasteiger partial charge in [-0.25, -0.2) is 9.37 Å². The summed E-state index contributed by atoms with van der Waals surface area (Å²) in [6.07, 6.45) is 3.19. The van der Waals surface area contributed by atoms with E-state index < -0.39 is 11.8 Å². The van der Waals surface area contributed by atoms with Crippen molar-refractivity contribution in [1.29, 1.82) is 0 Å². The molecule has 6 nitrogen and oxygen atoms in total. The number of aromatic nitrogens is 2. The molecule has 10 heteroatoms. The van der Waals surface area contributed by atoms with Gasteiger partial charge in [0.05, 0.1) is 16.6 Å². The monoisotopic (exact) mass is 532 g/mol. The first-order chi connectivity index (χ1) is 17.9. The van der Waals surface area contributed by atoms with Gasteiger partial charge in [-0.3, -0.25) is 9.78 Å². The van der Waals surface area contributed by atoms with E-state index in [1.807, 2.05) is 36.4 Å². The maximum Gasteiger partial charge on any atom is 0.230 e. The van der Waals surface area contributed by atoms with Gasteiger partial charge in [0.2, 0.25) is 11.9 Å². The van der Waals surface area contributed by atoms with Crippen molar-refractivity contribution in [3.63, 3.8) is 0 Å². The van der Waals surface area contributed by atoms with Crippen LogP contribution < -0.4 is 15.4 Å². The quantitative estimate of drug-likeness (QED) is 0.192. The molecule has 0 fully saturated rings. The fraction of sp³-hybridized carbons (Fsp3) is 0.0370. The molecule has 2 N–H and O–H groups in total. The van der Waals surface area contributed by atoms with Gasteiger partial charge in [0.25, 0.3) is 0 Å². The van der Waals surface area contributed by atoms with Gasteiger partial charge in [-0.05, 0) is 48.1 Å². The summed E-state index contributed by atoms with van der Waals surface area (Å²) in [7, 11) is 0. The predicted octanol–water partition coefficient (Wildman–Crippen LogP) is 6.48. The maximum absolute atomic E-state index is 14.9. The van der Waals surface area contributed by atoms with Crippen LogP contribution in [0.15, 0.2) is 85.2 Å². The largest absolute Gasteiger partial charge is 0.453 e. The van der Waals surface area contributed by atoms with Crippen molar-refractivity contribution in [1.82, 2.24) is 15.3 Å². The highest BCUT2D eigenvalue weighted by Crippen LogP contribution is 2.39. The minimum atomic E-state index is -0.618. The topological polar surface area (TPSA) is 76.1 Å². The number of pyridine rings is 2. The van der Waals surface area contributed by atoms with E-state index in [2.05, 4.69) is 20.6 Å². The number of nitrogens with zero attached hydrogens (tertiary/aromatic N) is 2. The number of benzene rings is 2. The molecule has 5 rings (SSSR count). The average molecular weight is 533 g/mol. The van der Waals surface area contributed by atoms with Gasteiger partial charge in [0, 0.05) is 40.7 Å². The number of halogens is 2. The first-order valence-electron chi connectivity index (χ1n) is 11.1. The highest BCUT2D eigenvalue weighted by atomic mass is 32.1. The third kappa shape index (κ3) is 5.93. The van der Waals surface area contributed by atoms with Gasteiger partial charge in [-0.1, -0.05) is 30.3 Å². The summed E-state index contributed by atoms with van der Waals surface area (Å²) in [5, 5.41) is 5.46. The Morgan fingerprint density at radius 2 is 1.81 bits per heavy atom. The molecule has 0 aliphatic rings. The smallest absolute Gasteiger partial charge is 0.230 e. The van der Waals surface area contributed by atoms with Crippen LogP contribution >= 0.6 is 23.6 Å². The Balaban J connectivity index is 1.27. The SMILES string of the molecule is O=C(Cc1ccccc1)NC(=S)Nc1ccc(Oc2ccnc3cc(-c4ccc(F)nc4)sc23)c(F)c1. The summed E-state index contributed by atoms with van der Waals surface area (Å²) in [5.74, 6) is -1.02. The van der Waals surface area contributed by atoms with E-state index in [1.54, 1.807) is 24.4 Å². The molecule has 1 amide bonds. The lowest BCUT2D eigenvalue weighted by Crippen LogP contribution is -2.35. The van der Waals surface area contributed by atoms with E-state index in [0.29, 0.717) is 21.7 Å². The molecule has 3 heterocycles. The number of carbonyl (C=O) groups excluding carboxylic acids is 1. The van der Waals surface area contributed by atoms with E-state index in [1.165, 1.54) is 35.7 Å². The molecule has 0 radical (unpaired) electrons. The molecule has 0 atom stereocenters. The second kappa shape index (κ2) is 10.8. The van der Waals surface area contributed by atoms with Gasteiger partial charge in [0.1, 0.15) is 5.75 Å². The van der Waals surface area contributed by atoms with Crippen LogP contribution in [0.1, 0.15) is 5.56 Å². The van der Waals surface area contributed by atoms with Crippen molar-refractivity contribution < 1.29 is 18.3 Å². The first kappa shape index (κ1) is 24.4. The minimum Gasteiger partial charge on any atom is -0.453 e. The maximum atomic E-state index is 14.9. The van der Waals surface area contributed by atoms with E-state index in [0.717, 1.165) is 16.0 Å². The third-order valence-corrected chi connectivity index (χ3v) is 6.65. The second-order valence-corrected chi connectivity index (χ2v) is 9.38. The highest BCUT2D eigenvalue weighted by Gasteiger charge is 2.14. The normalized spacial score (nSPS) is 10.8. The predicted molar refractivity (Wildman–Crippen MR) is 144 cm³/mol. The Bertz CT molecular complexity index is 1590. The fourth-order valence-corrected chi connectivity index (χ4v) is 4.84. The van der Waals surface area contributed by atoms with Crippen LogP contribution in [-0.4, -0.2) is 21.0 Å². The van der Waals surface area contributed by atoms with Crippen molar-refractivity contribution in [2.24, 2.45) is 0 Å². The van der Waals surface area contributed by atoms with E-state index >= 15 is 0 Å². The van der Waals surface area contributed by atoms with Crippen molar-refractivity contribution in [3.8, 4) is 21.9 Å². The number of carbonyl (C=O) groups is 1. The lowest BCUT2D eigenvalue weighted by Gasteiger charge is -2.12. The molecule has 0 spiro atoms. The van der Waals surface area contributed by atoms with Gasteiger partial charge in [-0.2, -0.15) is 4.39 Å². The third-order valence-electron chi connectivity index (χ3n) is 5.26. The lowest BCUT2D eigenvalue weighted by molar-refractivity contribution is -0.119. The summed E-state index contributed by atoms with van der Waals surface area (Å²) in [5.41, 5.74) is 2.62. The summed E-state index contributed by atoms with van der Waals surface area (Å²) in [4.78, 5) is 21.1. The fourth-order valence-electron chi connectivity index (χ4n) is 3.55. The molecule has 5 aromatic rings. The van der Waals surface area contributed by atoms with Crippen LogP contribution in [0.4, 0.5) is 14.5 Å². The standard InChI is InChI=1S/C27H18F2N4O2S2/c28-19-13-18(32-27(36)33-25(34)12-16-4-2-1-3-5-16)7-8-21(19)35-22-10-11-30-20-14-23(37-26(20)22)17-6-9-24(29)31-15-17/h1-11,13-15H,12H2,(H2,32,33,34,36). The zero-order chi connectivity index (χ0) is 25.8. The van der Waals surface area contributed by atoms with E-state index in [-0.39, 0.29) is 23.2 Å². The first-order valence-corrected chi connectivity index (χ1v) is 12.3. The molecule has 0 aliphatic heterocycles. The summed E-state index contributed by atoms with van der Waals surface area (Å²) in [6, 6.07) is 20.0. The highest BCUT2D eigenvalue weighted by molar-refractivity contribution is 7.80. The minimum absolute atomic E-state index is 0.00970. The van der Waals surface area contributed by atoms with Crippen LogP contribution in [0, 0.1) is 11.8 Å². The van der Waals surface area contributed by atoms with E-state index in [4.69, 9.17) is 17.0 Å². The summed E-state index contributed by atoms with van der Waals surface area (Å²) >= 11 is 6.57. The second-order valence-electron chi connectivity index (χ2n) is 7.92. The Morgan fingerprint density at radius 3 is 2.57 bits per heavy atom. The molecule has 3 aromatic heterocycles. The molecule has 184 valence electrons. The van der Waals surface area contributed by atoms with Crippen LogP contribution in [0.3, 0.4) is 0 Å². The number of anilines is 1. The van der Waals surface area contributed by atoms with Gasteiger partial charge >= 0.3 is 0 Å². The van der Waals surface area contributed by atoms with Crippen molar-refractivity contribution >= 4 is 50.5 Å².